The van der Waals surface area contributed by atoms with Crippen molar-refractivity contribution in [2.45, 2.75) is 31.3 Å². The highest BCUT2D eigenvalue weighted by atomic mass is 127. The van der Waals surface area contributed by atoms with E-state index in [1.807, 2.05) is 52.9 Å². The molecule has 1 aliphatic rings. The molecule has 160 valence electrons. The van der Waals surface area contributed by atoms with Gasteiger partial charge in [0.2, 0.25) is 0 Å². The van der Waals surface area contributed by atoms with Crippen LogP contribution in [-0.4, -0.2) is 36.7 Å². The van der Waals surface area contributed by atoms with E-state index in [0.29, 0.717) is 9.99 Å². The quantitative estimate of drug-likeness (QED) is 0.268. The second-order valence-electron chi connectivity index (χ2n) is 7.11. The van der Waals surface area contributed by atoms with Crippen LogP contribution < -0.4 is 5.32 Å². The van der Waals surface area contributed by atoms with Crippen molar-refractivity contribution in [3.63, 3.8) is 0 Å². The van der Waals surface area contributed by atoms with Crippen LogP contribution in [0.3, 0.4) is 0 Å². The average Bonchev–Trinajstić information content (AvgIpc) is 2.75. The number of phenols is 1. The molecule has 0 atom stereocenters. The van der Waals surface area contributed by atoms with Crippen molar-refractivity contribution in [3.8, 4) is 5.75 Å². The van der Waals surface area contributed by atoms with E-state index in [-0.39, 0.29) is 30.3 Å². The average molecular weight is 635 g/mol. The summed E-state index contributed by atoms with van der Waals surface area (Å²) < 4.78 is 12.6. The van der Waals surface area contributed by atoms with Gasteiger partial charge in [0.15, 0.2) is 0 Å². The lowest BCUT2D eigenvalue weighted by Crippen LogP contribution is -2.43. The maximum Gasteiger partial charge on any atom is 0.341 e. The number of halogens is 2. The molecule has 1 saturated heterocycles. The Labute approximate surface area is 203 Å². The molecule has 2 aromatic rings. The number of carbonyl (C=O) groups excluding carboxylic acids is 2. The van der Waals surface area contributed by atoms with Crippen LogP contribution in [0, 0.1) is 7.14 Å². The Hall–Kier alpha value is -1.40. The third-order valence-electron chi connectivity index (χ3n) is 5.03. The van der Waals surface area contributed by atoms with Crippen molar-refractivity contribution in [2.24, 2.45) is 0 Å². The Bertz CT molecular complexity index is 898. The smallest absolute Gasteiger partial charge is 0.341 e. The Morgan fingerprint density at radius 3 is 2.50 bits per heavy atom. The van der Waals surface area contributed by atoms with E-state index in [2.05, 4.69) is 27.9 Å². The van der Waals surface area contributed by atoms with Crippen LogP contribution in [0.25, 0.3) is 0 Å². The summed E-state index contributed by atoms with van der Waals surface area (Å²) in [5.74, 6) is -0.990. The Balaban J connectivity index is 1.52. The number of esters is 2. The molecule has 0 aromatic heterocycles. The molecule has 2 N–H and O–H groups in total. The fourth-order valence-corrected chi connectivity index (χ4v) is 5.32. The summed E-state index contributed by atoms with van der Waals surface area (Å²) in [5.41, 5.74) is 0.533. The minimum Gasteiger partial charge on any atom is -0.506 e. The van der Waals surface area contributed by atoms with Crippen molar-refractivity contribution in [1.82, 2.24) is 5.32 Å². The molecule has 2 aromatic carbocycles. The van der Waals surface area contributed by atoms with Gasteiger partial charge < -0.3 is 19.9 Å². The van der Waals surface area contributed by atoms with Crippen LogP contribution in [-0.2, 0) is 19.9 Å². The van der Waals surface area contributed by atoms with Crippen molar-refractivity contribution in [1.29, 1.82) is 0 Å². The van der Waals surface area contributed by atoms with E-state index in [9.17, 15) is 14.7 Å². The number of hydrogen-bond acceptors (Lipinski definition) is 6. The molecule has 1 aliphatic heterocycles. The van der Waals surface area contributed by atoms with Crippen molar-refractivity contribution in [2.75, 3.05) is 19.7 Å². The first kappa shape index (κ1) is 23.3. The summed E-state index contributed by atoms with van der Waals surface area (Å²) in [6.07, 6.45) is 1.96. The van der Waals surface area contributed by atoms with Crippen LogP contribution in [0.15, 0.2) is 42.5 Å². The highest BCUT2D eigenvalue weighted by Crippen LogP contribution is 2.35. The van der Waals surface area contributed by atoms with Crippen molar-refractivity contribution in [3.05, 3.63) is 60.7 Å². The summed E-state index contributed by atoms with van der Waals surface area (Å²) in [4.78, 5) is 24.8. The predicted molar refractivity (Wildman–Crippen MR) is 129 cm³/mol. The number of ether oxygens (including phenoxy) is 2. The van der Waals surface area contributed by atoms with Gasteiger partial charge in [0, 0.05) is 22.8 Å². The maximum atomic E-state index is 12.5. The first-order valence-corrected chi connectivity index (χ1v) is 11.9. The largest absolute Gasteiger partial charge is 0.506 e. The van der Waals surface area contributed by atoms with E-state index < -0.39 is 11.6 Å². The SMILES string of the molecule is O=C(CCCOC(=O)c1cc(I)cc(I)c1O)OC1(c2ccccc2)CCNCC1. The molecule has 0 amide bonds. The van der Waals surface area contributed by atoms with Crippen LogP contribution >= 0.6 is 45.2 Å². The number of rotatable bonds is 7. The molecule has 6 nitrogen and oxygen atoms in total. The summed E-state index contributed by atoms with van der Waals surface area (Å²) in [6.45, 7) is 1.66. The van der Waals surface area contributed by atoms with E-state index in [0.717, 1.165) is 35.1 Å². The molecule has 1 fully saturated rings. The standard InChI is InChI=1S/C22H23I2NO5/c23-16-13-17(20(27)18(24)14-16)21(28)29-12-4-7-19(26)30-22(8-10-25-11-9-22)15-5-2-1-3-6-15/h1-3,5-6,13-14,25,27H,4,7-12H2. The molecule has 3 rings (SSSR count). The molecule has 0 radical (unpaired) electrons. The van der Waals surface area contributed by atoms with Crippen molar-refractivity contribution >= 4 is 57.1 Å². The number of aromatic hydroxyl groups is 1. The molecule has 30 heavy (non-hydrogen) atoms. The number of nitrogens with one attached hydrogen (secondary N) is 1. The minimum atomic E-state index is -0.608. The third-order valence-corrected chi connectivity index (χ3v) is 6.47. The van der Waals surface area contributed by atoms with E-state index in [4.69, 9.17) is 9.47 Å². The van der Waals surface area contributed by atoms with Gasteiger partial charge in [-0.25, -0.2) is 4.79 Å². The second-order valence-corrected chi connectivity index (χ2v) is 9.52. The summed E-state index contributed by atoms with van der Waals surface area (Å²) in [5, 5.41) is 13.4. The highest BCUT2D eigenvalue weighted by molar-refractivity contribution is 14.1. The van der Waals surface area contributed by atoms with Gasteiger partial charge in [-0.15, -0.1) is 0 Å². The Morgan fingerprint density at radius 1 is 1.10 bits per heavy atom. The zero-order valence-corrected chi connectivity index (χ0v) is 20.6. The lowest BCUT2D eigenvalue weighted by atomic mass is 9.84. The van der Waals surface area contributed by atoms with E-state index in [1.54, 1.807) is 12.1 Å². The fourth-order valence-electron chi connectivity index (χ4n) is 3.47. The van der Waals surface area contributed by atoms with Crippen LogP contribution in [0.2, 0.25) is 0 Å². The molecule has 0 aliphatic carbocycles. The van der Waals surface area contributed by atoms with Crippen LogP contribution in [0.1, 0.15) is 41.6 Å². The number of hydrogen-bond donors (Lipinski definition) is 2. The van der Waals surface area contributed by atoms with Gasteiger partial charge in [-0.1, -0.05) is 30.3 Å². The second kappa shape index (κ2) is 10.8. The summed E-state index contributed by atoms with van der Waals surface area (Å²) in [6, 6.07) is 13.2. The molecule has 8 heteroatoms. The minimum absolute atomic E-state index is 0.0787. The lowest BCUT2D eigenvalue weighted by Gasteiger charge is -2.37. The van der Waals surface area contributed by atoms with Crippen molar-refractivity contribution < 1.29 is 24.2 Å². The number of phenolic OH excluding ortho intramolecular Hbond substituents is 1. The fraction of sp³-hybridized carbons (Fsp3) is 0.364. The number of carbonyl (C=O) groups is 2. The summed E-state index contributed by atoms with van der Waals surface area (Å²) >= 11 is 4.04. The zero-order chi connectivity index (χ0) is 21.6. The molecule has 0 unspecified atom stereocenters. The molecule has 0 spiro atoms. The van der Waals surface area contributed by atoms with Gasteiger partial charge in [-0.2, -0.15) is 0 Å². The van der Waals surface area contributed by atoms with Crippen LogP contribution in [0.4, 0.5) is 0 Å². The first-order chi connectivity index (χ1) is 14.4. The molecular weight excluding hydrogens is 612 g/mol. The Kier molecular flexibility index (Phi) is 8.35. The lowest BCUT2D eigenvalue weighted by molar-refractivity contribution is -0.164. The number of benzene rings is 2. The monoisotopic (exact) mass is 635 g/mol. The van der Waals surface area contributed by atoms with Gasteiger partial charge in [0.05, 0.1) is 10.2 Å². The summed E-state index contributed by atoms with van der Waals surface area (Å²) in [7, 11) is 0. The first-order valence-electron chi connectivity index (χ1n) is 9.74. The van der Waals surface area contributed by atoms with E-state index >= 15 is 0 Å². The van der Waals surface area contributed by atoms with Gasteiger partial charge >= 0.3 is 11.9 Å². The molecule has 1 heterocycles. The Morgan fingerprint density at radius 2 is 1.80 bits per heavy atom. The molecule has 0 saturated carbocycles. The maximum absolute atomic E-state index is 12.5. The normalized spacial score (nSPS) is 15.4. The van der Waals surface area contributed by atoms with Crippen LogP contribution in [0.5, 0.6) is 5.75 Å². The predicted octanol–water partition coefficient (Wildman–Crippen LogP) is 4.36. The van der Waals surface area contributed by atoms with E-state index in [1.165, 1.54) is 0 Å². The molecular formula is C22H23I2NO5. The third kappa shape index (κ3) is 5.85. The van der Waals surface area contributed by atoms with Gasteiger partial charge in [0.1, 0.15) is 16.9 Å². The highest BCUT2D eigenvalue weighted by Gasteiger charge is 2.37. The van der Waals surface area contributed by atoms with Gasteiger partial charge in [-0.05, 0) is 82.4 Å². The zero-order valence-electron chi connectivity index (χ0n) is 16.3. The topological polar surface area (TPSA) is 84.9 Å². The molecule has 0 bridgehead atoms. The van der Waals surface area contributed by atoms with Gasteiger partial charge in [-0.3, -0.25) is 4.79 Å². The number of piperidine rings is 1. The van der Waals surface area contributed by atoms with Gasteiger partial charge in [0.25, 0.3) is 0 Å².